The first kappa shape index (κ1) is 25.3. The summed E-state index contributed by atoms with van der Waals surface area (Å²) in [6.45, 7) is 7.49. The van der Waals surface area contributed by atoms with Gasteiger partial charge in [0.15, 0.2) is 5.40 Å². The highest BCUT2D eigenvalue weighted by Crippen LogP contribution is 2.71. The number of thioether (sulfide) groups is 1. The van der Waals surface area contributed by atoms with E-state index >= 15 is 0 Å². The van der Waals surface area contributed by atoms with Crippen LogP contribution < -0.4 is 0 Å². The van der Waals surface area contributed by atoms with Crippen molar-refractivity contribution in [1.29, 1.82) is 0 Å². The first-order valence-corrected chi connectivity index (χ1v) is 13.8. The molecule has 1 aromatic rings. The van der Waals surface area contributed by atoms with Gasteiger partial charge in [-0.05, 0) is 64.1 Å². The summed E-state index contributed by atoms with van der Waals surface area (Å²) in [5.74, 6) is 0. The molecule has 1 rings (SSSR count). The molecule has 0 aliphatic heterocycles. The van der Waals surface area contributed by atoms with Crippen molar-refractivity contribution in [2.75, 3.05) is 32.7 Å². The predicted octanol–water partition coefficient (Wildman–Crippen LogP) is 6.10. The van der Waals surface area contributed by atoms with E-state index in [1.54, 1.807) is 39.5 Å². The molecule has 10 heteroatoms. The van der Waals surface area contributed by atoms with E-state index in [9.17, 15) is 9.13 Å². The molecule has 0 radical (unpaired) electrons. The molecule has 156 valence electrons. The second kappa shape index (κ2) is 12.0. The Morgan fingerprint density at radius 3 is 1.74 bits per heavy atom. The molecular weight excluding hydrogens is 426 g/mol. The van der Waals surface area contributed by atoms with Crippen LogP contribution in [0.15, 0.2) is 28.0 Å². The van der Waals surface area contributed by atoms with Gasteiger partial charge in [0.1, 0.15) is 0 Å². The van der Waals surface area contributed by atoms with Crippen molar-refractivity contribution < 1.29 is 27.2 Å². The largest absolute Gasteiger partial charge is 0.346 e. The maximum atomic E-state index is 13.6. The SMILES string of the molecule is CCOP(=O)(OCC)C(Cc1cc(SC)ccc1S)P(=O)(OCC)OCC. The van der Waals surface area contributed by atoms with E-state index in [1.807, 2.05) is 24.5 Å². The number of rotatable bonds is 13. The van der Waals surface area contributed by atoms with E-state index < -0.39 is 20.6 Å². The lowest BCUT2D eigenvalue weighted by atomic mass is 10.2. The zero-order chi connectivity index (χ0) is 20.5. The summed E-state index contributed by atoms with van der Waals surface area (Å²) in [6, 6.07) is 5.74. The smallest absolute Gasteiger partial charge is 0.308 e. The van der Waals surface area contributed by atoms with Gasteiger partial charge in [-0.25, -0.2) is 0 Å². The van der Waals surface area contributed by atoms with E-state index in [2.05, 4.69) is 12.6 Å². The van der Waals surface area contributed by atoms with Gasteiger partial charge in [-0.3, -0.25) is 9.13 Å². The summed E-state index contributed by atoms with van der Waals surface area (Å²) < 4.78 is 49.2. The standard InChI is InChI=1S/C17H30O6P2S2/c1-6-20-24(18,21-7-2)17(25(19,22-8-3)23-9-4)13-14-12-15(27-5)10-11-16(14)26/h10-12,17,26H,6-9,13H2,1-5H3. The summed E-state index contributed by atoms with van der Waals surface area (Å²) in [6.07, 6.45) is 2.10. The molecule has 27 heavy (non-hydrogen) atoms. The lowest BCUT2D eigenvalue weighted by Crippen LogP contribution is -2.20. The van der Waals surface area contributed by atoms with Gasteiger partial charge < -0.3 is 18.1 Å². The zero-order valence-corrected chi connectivity index (χ0v) is 20.0. The lowest BCUT2D eigenvalue weighted by molar-refractivity contribution is 0.195. The highest BCUT2D eigenvalue weighted by atomic mass is 32.2. The molecule has 0 aliphatic carbocycles. The molecule has 0 bridgehead atoms. The predicted molar refractivity (Wildman–Crippen MR) is 115 cm³/mol. The highest BCUT2D eigenvalue weighted by Gasteiger charge is 2.50. The van der Waals surface area contributed by atoms with Crippen molar-refractivity contribution in [3.05, 3.63) is 23.8 Å². The number of hydrogen-bond acceptors (Lipinski definition) is 8. The summed E-state index contributed by atoms with van der Waals surface area (Å²) in [7, 11) is -7.55. The second-order valence-electron chi connectivity index (χ2n) is 5.43. The van der Waals surface area contributed by atoms with Crippen molar-refractivity contribution in [2.24, 2.45) is 0 Å². The van der Waals surface area contributed by atoms with Crippen LogP contribution in [0.3, 0.4) is 0 Å². The molecule has 1 aromatic carbocycles. The normalized spacial score (nSPS) is 12.7. The minimum Gasteiger partial charge on any atom is -0.308 e. The Morgan fingerprint density at radius 2 is 1.37 bits per heavy atom. The molecule has 0 atom stereocenters. The summed E-state index contributed by atoms with van der Waals surface area (Å²) in [5.41, 5.74) is 0.787. The summed E-state index contributed by atoms with van der Waals surface area (Å²) in [5, 5.41) is -1.08. The number of hydrogen-bond donors (Lipinski definition) is 1. The molecule has 0 saturated heterocycles. The first-order chi connectivity index (χ1) is 12.8. The Balaban J connectivity index is 3.48. The van der Waals surface area contributed by atoms with Gasteiger partial charge in [0.2, 0.25) is 0 Å². The van der Waals surface area contributed by atoms with E-state index in [0.29, 0.717) is 4.90 Å². The van der Waals surface area contributed by atoms with Crippen LogP contribution in [0.1, 0.15) is 33.3 Å². The van der Waals surface area contributed by atoms with Crippen LogP contribution in [0.4, 0.5) is 0 Å². The molecule has 0 aliphatic rings. The Hall–Kier alpha value is 0.220. The van der Waals surface area contributed by atoms with Gasteiger partial charge in [-0.2, -0.15) is 0 Å². The van der Waals surface area contributed by atoms with E-state index in [-0.39, 0.29) is 32.8 Å². The van der Waals surface area contributed by atoms with Crippen LogP contribution in [0.5, 0.6) is 0 Å². The molecule has 0 aromatic heterocycles. The fourth-order valence-electron chi connectivity index (χ4n) is 2.58. The average Bonchev–Trinajstić information content (AvgIpc) is 2.61. The Morgan fingerprint density at radius 1 is 0.926 bits per heavy atom. The van der Waals surface area contributed by atoms with Gasteiger partial charge in [0, 0.05) is 9.79 Å². The van der Waals surface area contributed by atoms with Crippen molar-refractivity contribution in [2.45, 2.75) is 49.3 Å². The molecule has 0 fully saturated rings. The molecule has 6 nitrogen and oxygen atoms in total. The lowest BCUT2D eigenvalue weighted by Gasteiger charge is -2.31. The topological polar surface area (TPSA) is 71.1 Å². The first-order valence-electron chi connectivity index (χ1n) is 8.93. The average molecular weight is 457 g/mol. The van der Waals surface area contributed by atoms with E-state index in [1.165, 1.54) is 0 Å². The quantitative estimate of drug-likeness (QED) is 0.218. The van der Waals surface area contributed by atoms with Crippen LogP contribution >= 0.6 is 39.6 Å². The van der Waals surface area contributed by atoms with E-state index in [4.69, 9.17) is 18.1 Å². The van der Waals surface area contributed by atoms with Crippen LogP contribution in [-0.4, -0.2) is 38.1 Å². The number of thiol groups is 1. The minimum absolute atomic E-state index is 0.141. The molecule has 0 spiro atoms. The Bertz CT molecular complexity index is 635. The number of benzene rings is 1. The molecule has 0 amide bonds. The Labute approximate surface area is 172 Å². The molecule has 0 heterocycles. The van der Waals surface area contributed by atoms with Gasteiger partial charge >= 0.3 is 15.2 Å². The van der Waals surface area contributed by atoms with Gasteiger partial charge in [-0.1, -0.05) is 0 Å². The molecule has 0 unspecified atom stereocenters. The third kappa shape index (κ3) is 6.90. The molecule has 0 saturated carbocycles. The van der Waals surface area contributed by atoms with Crippen LogP contribution in [-0.2, 0) is 33.6 Å². The molecule has 0 N–H and O–H groups in total. The van der Waals surface area contributed by atoms with Crippen LogP contribution in [0.25, 0.3) is 0 Å². The monoisotopic (exact) mass is 456 g/mol. The highest BCUT2D eigenvalue weighted by molar-refractivity contribution is 7.98. The summed E-state index contributed by atoms with van der Waals surface area (Å²) in [4.78, 5) is 1.73. The maximum absolute atomic E-state index is 13.6. The fourth-order valence-corrected chi connectivity index (χ4v) is 8.58. The van der Waals surface area contributed by atoms with Crippen molar-refractivity contribution >= 4 is 39.6 Å². The van der Waals surface area contributed by atoms with E-state index in [0.717, 1.165) is 10.5 Å². The van der Waals surface area contributed by atoms with Gasteiger partial charge in [-0.15, -0.1) is 24.4 Å². The minimum atomic E-state index is -3.77. The second-order valence-corrected chi connectivity index (χ2v) is 11.6. The zero-order valence-electron chi connectivity index (χ0n) is 16.5. The van der Waals surface area contributed by atoms with Crippen LogP contribution in [0.2, 0.25) is 0 Å². The van der Waals surface area contributed by atoms with Crippen molar-refractivity contribution in [3.8, 4) is 0 Å². The van der Waals surface area contributed by atoms with Crippen molar-refractivity contribution in [3.63, 3.8) is 0 Å². The van der Waals surface area contributed by atoms with Gasteiger partial charge in [0.05, 0.1) is 26.4 Å². The fraction of sp³-hybridized carbons (Fsp3) is 0.647. The van der Waals surface area contributed by atoms with Crippen LogP contribution in [0, 0.1) is 0 Å². The summed E-state index contributed by atoms with van der Waals surface area (Å²) >= 11 is 6.08. The third-order valence-electron chi connectivity index (χ3n) is 3.66. The molecular formula is C17H30O6P2S2. The maximum Gasteiger partial charge on any atom is 0.346 e. The van der Waals surface area contributed by atoms with Gasteiger partial charge in [0.25, 0.3) is 0 Å². The Kier molecular flexibility index (Phi) is 11.3. The third-order valence-corrected chi connectivity index (χ3v) is 10.8. The van der Waals surface area contributed by atoms with Crippen molar-refractivity contribution in [1.82, 2.24) is 0 Å².